The van der Waals surface area contributed by atoms with Gasteiger partial charge in [0.05, 0.1) is 36.8 Å². The lowest BCUT2D eigenvalue weighted by atomic mass is 10.1. The van der Waals surface area contributed by atoms with Crippen LogP contribution in [-0.2, 0) is 0 Å². The first kappa shape index (κ1) is 20.2. The third-order valence-corrected chi connectivity index (χ3v) is 5.43. The van der Waals surface area contributed by atoms with Gasteiger partial charge in [-0.15, -0.1) is 11.3 Å². The van der Waals surface area contributed by atoms with Crippen LogP contribution in [0.1, 0.15) is 15.2 Å². The molecule has 0 fully saturated rings. The molecule has 0 aliphatic carbocycles. The van der Waals surface area contributed by atoms with Gasteiger partial charge in [0.2, 0.25) is 11.5 Å². The maximum Gasteiger partial charge on any atom is 0.270 e. The van der Waals surface area contributed by atoms with E-state index < -0.39 is 4.92 Å². The van der Waals surface area contributed by atoms with Crippen molar-refractivity contribution in [3.05, 3.63) is 63.0 Å². The standard InChI is InChI=1S/C20H18N2O6S/c1-26-15-8-12(9-16(27-2)19(15)28-3)18(23)20-14(21)10-17(29-20)11-5-4-6-13(7-11)22(24)25/h4-10H,21H2,1-3H3. The number of thiophene rings is 1. The molecule has 2 aromatic carbocycles. The quantitative estimate of drug-likeness (QED) is 0.351. The highest BCUT2D eigenvalue weighted by Gasteiger charge is 2.22. The van der Waals surface area contributed by atoms with Gasteiger partial charge in [0.25, 0.3) is 5.69 Å². The van der Waals surface area contributed by atoms with E-state index in [4.69, 9.17) is 19.9 Å². The van der Waals surface area contributed by atoms with Crippen molar-refractivity contribution in [1.82, 2.24) is 0 Å². The van der Waals surface area contributed by atoms with E-state index in [1.807, 2.05) is 0 Å². The van der Waals surface area contributed by atoms with E-state index >= 15 is 0 Å². The molecule has 1 heterocycles. The zero-order valence-corrected chi connectivity index (χ0v) is 16.7. The lowest BCUT2D eigenvalue weighted by Gasteiger charge is -2.13. The average molecular weight is 414 g/mol. The first-order valence-corrected chi connectivity index (χ1v) is 9.20. The number of carbonyl (C=O) groups is 1. The van der Waals surface area contributed by atoms with Gasteiger partial charge in [-0.2, -0.15) is 0 Å². The predicted molar refractivity (Wildman–Crippen MR) is 110 cm³/mol. The number of methoxy groups -OCH3 is 3. The second kappa shape index (κ2) is 8.19. The van der Waals surface area contributed by atoms with Crippen LogP contribution >= 0.6 is 11.3 Å². The van der Waals surface area contributed by atoms with Crippen molar-refractivity contribution in [2.24, 2.45) is 0 Å². The number of benzene rings is 2. The Morgan fingerprint density at radius 2 is 1.69 bits per heavy atom. The lowest BCUT2D eigenvalue weighted by molar-refractivity contribution is -0.384. The van der Waals surface area contributed by atoms with Crippen LogP contribution in [0, 0.1) is 10.1 Å². The van der Waals surface area contributed by atoms with Crippen LogP contribution in [0.25, 0.3) is 10.4 Å². The Balaban J connectivity index is 2.03. The SMILES string of the molecule is COc1cc(C(=O)c2sc(-c3cccc([N+](=O)[O-])c3)cc2N)cc(OC)c1OC. The number of nitrogen functional groups attached to an aromatic ring is 1. The number of ether oxygens (including phenoxy) is 3. The van der Waals surface area contributed by atoms with Gasteiger partial charge in [-0.25, -0.2) is 0 Å². The summed E-state index contributed by atoms with van der Waals surface area (Å²) in [5, 5.41) is 11.0. The van der Waals surface area contributed by atoms with Crippen molar-refractivity contribution in [3.8, 4) is 27.7 Å². The van der Waals surface area contributed by atoms with Gasteiger partial charge in [0.1, 0.15) is 0 Å². The zero-order valence-electron chi connectivity index (χ0n) is 15.9. The maximum absolute atomic E-state index is 13.1. The van der Waals surface area contributed by atoms with E-state index in [0.717, 1.165) is 11.3 Å². The van der Waals surface area contributed by atoms with Crippen LogP contribution in [-0.4, -0.2) is 32.0 Å². The van der Waals surface area contributed by atoms with Crippen molar-refractivity contribution < 1.29 is 23.9 Å². The van der Waals surface area contributed by atoms with E-state index in [0.29, 0.717) is 38.1 Å². The van der Waals surface area contributed by atoms with Gasteiger partial charge in [-0.3, -0.25) is 14.9 Å². The summed E-state index contributed by atoms with van der Waals surface area (Å²) in [6, 6.07) is 10.9. The highest BCUT2D eigenvalue weighted by molar-refractivity contribution is 7.18. The number of nitro groups is 1. The van der Waals surface area contributed by atoms with Crippen LogP contribution in [0.2, 0.25) is 0 Å². The molecule has 2 N–H and O–H groups in total. The minimum Gasteiger partial charge on any atom is -0.493 e. The van der Waals surface area contributed by atoms with Gasteiger partial charge in [0, 0.05) is 22.6 Å². The fourth-order valence-corrected chi connectivity index (χ4v) is 3.88. The molecule has 0 saturated carbocycles. The molecule has 0 spiro atoms. The number of hydrogen-bond donors (Lipinski definition) is 1. The molecule has 150 valence electrons. The van der Waals surface area contributed by atoms with Crippen LogP contribution in [0.5, 0.6) is 17.2 Å². The second-order valence-corrected chi connectivity index (χ2v) is 7.00. The Hall–Kier alpha value is -3.59. The largest absolute Gasteiger partial charge is 0.493 e. The van der Waals surface area contributed by atoms with Gasteiger partial charge in [-0.05, 0) is 23.8 Å². The topological polar surface area (TPSA) is 114 Å². The Morgan fingerprint density at radius 1 is 1.03 bits per heavy atom. The van der Waals surface area contributed by atoms with E-state index in [1.165, 1.54) is 33.5 Å². The molecule has 0 aliphatic rings. The third kappa shape index (κ3) is 3.85. The number of anilines is 1. The summed E-state index contributed by atoms with van der Waals surface area (Å²) in [4.78, 5) is 24.6. The van der Waals surface area contributed by atoms with Crippen molar-refractivity contribution in [1.29, 1.82) is 0 Å². The molecule has 1 aromatic heterocycles. The normalized spacial score (nSPS) is 10.4. The number of rotatable bonds is 7. The van der Waals surface area contributed by atoms with Crippen molar-refractivity contribution in [2.75, 3.05) is 27.1 Å². The number of carbonyl (C=O) groups excluding carboxylic acids is 1. The molecule has 0 saturated heterocycles. The molecule has 0 unspecified atom stereocenters. The highest BCUT2D eigenvalue weighted by atomic mass is 32.1. The number of nitrogens with two attached hydrogens (primary N) is 1. The van der Waals surface area contributed by atoms with Crippen molar-refractivity contribution in [2.45, 2.75) is 0 Å². The summed E-state index contributed by atoms with van der Waals surface area (Å²) in [6.45, 7) is 0. The van der Waals surface area contributed by atoms with E-state index in [2.05, 4.69) is 0 Å². The average Bonchev–Trinajstić information content (AvgIpc) is 3.13. The Labute approximate surface area is 170 Å². The molecule has 0 aliphatic heterocycles. The molecule has 8 nitrogen and oxygen atoms in total. The lowest BCUT2D eigenvalue weighted by Crippen LogP contribution is -2.04. The molecule has 0 radical (unpaired) electrons. The minimum absolute atomic E-state index is 0.0352. The number of nitro benzene ring substituents is 1. The second-order valence-electron chi connectivity index (χ2n) is 5.95. The number of nitrogens with zero attached hydrogens (tertiary/aromatic N) is 1. The summed E-state index contributed by atoms with van der Waals surface area (Å²) in [6.07, 6.45) is 0. The van der Waals surface area contributed by atoms with Gasteiger partial charge in [-0.1, -0.05) is 12.1 Å². The molecule has 3 rings (SSSR count). The zero-order chi connectivity index (χ0) is 21.1. The summed E-state index contributed by atoms with van der Waals surface area (Å²) in [7, 11) is 4.40. The third-order valence-electron chi connectivity index (χ3n) is 4.24. The first-order valence-electron chi connectivity index (χ1n) is 8.38. The first-order chi connectivity index (χ1) is 13.9. The summed E-state index contributed by atoms with van der Waals surface area (Å²) in [5.74, 6) is 0.764. The molecule has 9 heteroatoms. The molecule has 29 heavy (non-hydrogen) atoms. The monoisotopic (exact) mass is 414 g/mol. The molecule has 0 atom stereocenters. The molecule has 3 aromatic rings. The van der Waals surface area contributed by atoms with Crippen LogP contribution in [0.4, 0.5) is 11.4 Å². The Morgan fingerprint density at radius 3 is 2.24 bits per heavy atom. The van der Waals surface area contributed by atoms with E-state index in [9.17, 15) is 14.9 Å². The maximum atomic E-state index is 13.1. The predicted octanol–water partition coefficient (Wildman–Crippen LogP) is 4.16. The minimum atomic E-state index is -0.470. The summed E-state index contributed by atoms with van der Waals surface area (Å²) >= 11 is 1.16. The number of hydrogen-bond acceptors (Lipinski definition) is 8. The highest BCUT2D eigenvalue weighted by Crippen LogP contribution is 2.41. The van der Waals surface area contributed by atoms with Gasteiger partial charge < -0.3 is 19.9 Å². The van der Waals surface area contributed by atoms with Crippen molar-refractivity contribution >= 4 is 28.5 Å². The van der Waals surface area contributed by atoms with Crippen LogP contribution in [0.15, 0.2) is 42.5 Å². The van der Waals surface area contributed by atoms with E-state index in [-0.39, 0.29) is 17.2 Å². The molecule has 0 bridgehead atoms. The number of ketones is 1. The fraction of sp³-hybridized carbons (Fsp3) is 0.150. The fourth-order valence-electron chi connectivity index (χ4n) is 2.84. The Bertz CT molecular complexity index is 1070. The molecule has 0 amide bonds. The number of non-ortho nitro benzene ring substituents is 1. The molecular formula is C20H18N2O6S. The van der Waals surface area contributed by atoms with Crippen molar-refractivity contribution in [3.63, 3.8) is 0 Å². The van der Waals surface area contributed by atoms with Crippen LogP contribution in [0.3, 0.4) is 0 Å². The molecular weight excluding hydrogens is 396 g/mol. The summed E-state index contributed by atoms with van der Waals surface area (Å²) < 4.78 is 15.9. The van der Waals surface area contributed by atoms with Crippen LogP contribution < -0.4 is 19.9 Å². The summed E-state index contributed by atoms with van der Waals surface area (Å²) in [5.41, 5.74) is 7.26. The van der Waals surface area contributed by atoms with Gasteiger partial charge in [0.15, 0.2) is 11.5 Å². The smallest absolute Gasteiger partial charge is 0.270 e. The Kier molecular flexibility index (Phi) is 5.69. The van der Waals surface area contributed by atoms with E-state index in [1.54, 1.807) is 30.3 Å². The van der Waals surface area contributed by atoms with Gasteiger partial charge >= 0.3 is 0 Å².